The summed E-state index contributed by atoms with van der Waals surface area (Å²) in [7, 11) is 2.74. The minimum atomic E-state index is -0.931. The van der Waals surface area contributed by atoms with E-state index in [-0.39, 0.29) is 73.7 Å². The standard InChI is InChI=1S/C20H26FIN4O5.C16H18FIN4O5/c1-6-26-18(28)15(17(27)24-31-10-9-30-20(2,3)4)16(25(5)19(26)29)23-14-8-7-12(22)11-13(14)21;1-3-22-15(25)12(14(24)20-27-7-6-23)13(21(2)16(22)26)19-11-5-4-9(18)8-10(11)17/h7-8,11,23H,6,9-10H2,1-5H3,(H,24,27);4-5,8,19,23H,3,6-7H2,1-2H3,(H,20,24). The van der Waals surface area contributed by atoms with E-state index in [0.717, 1.165) is 18.3 Å². The quantitative estimate of drug-likeness (QED) is 0.0659. The molecule has 0 saturated heterocycles. The van der Waals surface area contributed by atoms with Gasteiger partial charge in [0.1, 0.15) is 34.4 Å². The Bertz CT molecular complexity index is 2380. The first-order valence-electron chi connectivity index (χ1n) is 17.5. The number of amides is 2. The molecule has 4 aromatic rings. The molecule has 0 atom stereocenters. The van der Waals surface area contributed by atoms with E-state index >= 15 is 0 Å². The van der Waals surface area contributed by atoms with Gasteiger partial charge in [0, 0.05) is 34.3 Å². The van der Waals surface area contributed by atoms with Gasteiger partial charge in [-0.25, -0.2) is 29.3 Å². The molecule has 2 amide bonds. The molecule has 0 spiro atoms. The van der Waals surface area contributed by atoms with Gasteiger partial charge >= 0.3 is 11.4 Å². The van der Waals surface area contributed by atoms with Gasteiger partial charge < -0.3 is 20.5 Å². The number of aromatic nitrogens is 4. The Morgan fingerprint density at radius 2 is 1.10 bits per heavy atom. The van der Waals surface area contributed by atoms with Crippen LogP contribution < -0.4 is 44.1 Å². The van der Waals surface area contributed by atoms with E-state index < -0.39 is 51.5 Å². The Balaban J connectivity index is 0.000000313. The predicted molar refractivity (Wildman–Crippen MR) is 228 cm³/mol. The Hall–Kier alpha value is -4.50. The number of nitrogens with one attached hydrogen (secondary N) is 4. The zero-order valence-corrected chi connectivity index (χ0v) is 36.9. The molecule has 2 heterocycles. The number of hydrogen-bond donors (Lipinski definition) is 5. The van der Waals surface area contributed by atoms with Crippen LogP contribution in [0.4, 0.5) is 31.8 Å². The van der Waals surface area contributed by atoms with Crippen molar-refractivity contribution < 1.29 is 37.9 Å². The normalized spacial score (nSPS) is 11.1. The van der Waals surface area contributed by atoms with Crippen molar-refractivity contribution in [3.63, 3.8) is 0 Å². The fraction of sp³-hybridized carbons (Fsp3) is 0.389. The number of aliphatic hydroxyl groups excluding tert-OH is 1. The van der Waals surface area contributed by atoms with Crippen LogP contribution >= 0.6 is 45.2 Å². The molecule has 0 bridgehead atoms. The van der Waals surface area contributed by atoms with Gasteiger partial charge in [0.15, 0.2) is 0 Å². The molecule has 2 aromatic heterocycles. The number of halogens is 4. The van der Waals surface area contributed by atoms with Gasteiger partial charge in [0.2, 0.25) is 0 Å². The van der Waals surface area contributed by atoms with Crippen molar-refractivity contribution in [3.8, 4) is 0 Å². The van der Waals surface area contributed by atoms with Gasteiger partial charge in [0.05, 0.1) is 43.4 Å². The number of anilines is 4. The number of nitrogens with zero attached hydrogens (tertiary/aromatic N) is 4. The molecule has 316 valence electrons. The number of carbonyl (C=O) groups is 2. The van der Waals surface area contributed by atoms with Gasteiger partial charge in [-0.05, 0) is 116 Å². The third-order valence-corrected chi connectivity index (χ3v) is 9.14. The molecule has 0 saturated carbocycles. The minimum absolute atomic E-state index is 0.00982. The molecule has 18 nitrogen and oxygen atoms in total. The highest BCUT2D eigenvalue weighted by molar-refractivity contribution is 14.1. The molecule has 4 rings (SSSR count). The SMILES string of the molecule is CCn1c(=O)c(C(=O)NOCCO)c(Nc2ccc(I)cc2F)n(C)c1=O.CCn1c(=O)c(C(=O)NOCCOC(C)(C)C)c(Nc2ccc(I)cc2F)n(C)c1=O. The first-order chi connectivity index (χ1) is 27.3. The molecule has 22 heteroatoms. The monoisotopic (exact) mass is 1040 g/mol. The van der Waals surface area contributed by atoms with Gasteiger partial charge in [0.25, 0.3) is 22.9 Å². The Kier molecular flexibility index (Phi) is 17.7. The zero-order valence-electron chi connectivity index (χ0n) is 32.6. The second kappa shape index (κ2) is 21.5. The first-order valence-corrected chi connectivity index (χ1v) is 19.6. The molecule has 0 radical (unpaired) electrons. The van der Waals surface area contributed by atoms with Gasteiger partial charge in [-0.15, -0.1) is 0 Å². The number of carbonyl (C=O) groups excluding carboxylic acids is 2. The van der Waals surface area contributed by atoms with Crippen molar-refractivity contribution in [1.29, 1.82) is 0 Å². The van der Waals surface area contributed by atoms with Crippen LogP contribution in [0.2, 0.25) is 0 Å². The lowest BCUT2D eigenvalue weighted by Gasteiger charge is -2.19. The van der Waals surface area contributed by atoms with Crippen LogP contribution in [0.15, 0.2) is 55.6 Å². The molecule has 58 heavy (non-hydrogen) atoms. The third-order valence-electron chi connectivity index (χ3n) is 7.80. The predicted octanol–water partition coefficient (Wildman–Crippen LogP) is 3.24. The van der Waals surface area contributed by atoms with Crippen molar-refractivity contribution >= 4 is 80.0 Å². The van der Waals surface area contributed by atoms with E-state index in [1.807, 2.05) is 71.4 Å². The van der Waals surface area contributed by atoms with Crippen molar-refractivity contribution in [2.24, 2.45) is 14.1 Å². The number of hydroxylamine groups is 2. The van der Waals surface area contributed by atoms with E-state index in [1.54, 1.807) is 26.0 Å². The summed E-state index contributed by atoms with van der Waals surface area (Å²) in [6.45, 7) is 8.67. The first kappa shape index (κ1) is 47.9. The smallest absolute Gasteiger partial charge is 0.332 e. The molecule has 0 unspecified atom stereocenters. The number of rotatable bonds is 15. The van der Waals surface area contributed by atoms with Crippen LogP contribution in [0.1, 0.15) is 55.3 Å². The topological polar surface area (TPSA) is 218 Å². The Morgan fingerprint density at radius 1 is 0.707 bits per heavy atom. The fourth-order valence-corrected chi connectivity index (χ4v) is 5.91. The Morgan fingerprint density at radius 3 is 1.45 bits per heavy atom. The van der Waals surface area contributed by atoms with Crippen LogP contribution in [0.25, 0.3) is 0 Å². The summed E-state index contributed by atoms with van der Waals surface area (Å²) in [6, 6.07) is 8.70. The molecular formula is C36H44F2I2N8O10. The molecule has 0 aliphatic heterocycles. The molecule has 0 aliphatic carbocycles. The van der Waals surface area contributed by atoms with E-state index in [4.69, 9.17) is 19.5 Å². The molecular weight excluding hydrogens is 996 g/mol. The van der Waals surface area contributed by atoms with Crippen LogP contribution in [-0.4, -0.2) is 67.2 Å². The number of benzene rings is 2. The summed E-state index contributed by atoms with van der Waals surface area (Å²) in [5.41, 5.74) is 0.0883. The highest BCUT2D eigenvalue weighted by Crippen LogP contribution is 2.24. The third kappa shape index (κ3) is 12.3. The highest BCUT2D eigenvalue weighted by atomic mass is 127. The number of hydrogen-bond acceptors (Lipinski definition) is 12. The summed E-state index contributed by atoms with van der Waals surface area (Å²) in [5, 5.41) is 14.1. The van der Waals surface area contributed by atoms with Crippen molar-refractivity contribution in [3.05, 3.63) is 108 Å². The van der Waals surface area contributed by atoms with Crippen molar-refractivity contribution in [2.45, 2.75) is 53.3 Å². The van der Waals surface area contributed by atoms with Gasteiger partial charge in [-0.2, -0.15) is 0 Å². The van der Waals surface area contributed by atoms with E-state index in [9.17, 15) is 37.5 Å². The summed E-state index contributed by atoms with van der Waals surface area (Å²) in [5.74, 6) is -3.34. The molecule has 5 N–H and O–H groups in total. The average Bonchev–Trinajstić information content (AvgIpc) is 3.14. The molecule has 0 fully saturated rings. The lowest BCUT2D eigenvalue weighted by molar-refractivity contribution is -0.0511. The highest BCUT2D eigenvalue weighted by Gasteiger charge is 2.26. The maximum Gasteiger partial charge on any atom is 0.332 e. The maximum absolute atomic E-state index is 14.4. The lowest BCUT2D eigenvalue weighted by Crippen LogP contribution is -2.44. The second-order valence-electron chi connectivity index (χ2n) is 13.0. The second-order valence-corrected chi connectivity index (χ2v) is 15.5. The van der Waals surface area contributed by atoms with Crippen molar-refractivity contribution in [2.75, 3.05) is 37.1 Å². The van der Waals surface area contributed by atoms with E-state index in [1.165, 1.54) is 38.4 Å². The summed E-state index contributed by atoms with van der Waals surface area (Å²) in [4.78, 5) is 85.5. The van der Waals surface area contributed by atoms with Gasteiger partial charge in [-0.1, -0.05) is 0 Å². The number of ether oxygens (including phenoxy) is 1. The summed E-state index contributed by atoms with van der Waals surface area (Å²) >= 11 is 3.89. The average molecular weight is 1040 g/mol. The molecule has 2 aromatic carbocycles. The van der Waals surface area contributed by atoms with Crippen LogP contribution in [0.5, 0.6) is 0 Å². The van der Waals surface area contributed by atoms with E-state index in [2.05, 4.69) is 16.1 Å². The summed E-state index contributed by atoms with van der Waals surface area (Å²) in [6.07, 6.45) is 0. The minimum Gasteiger partial charge on any atom is -0.394 e. The van der Waals surface area contributed by atoms with Crippen LogP contribution in [0.3, 0.4) is 0 Å². The summed E-state index contributed by atoms with van der Waals surface area (Å²) < 4.78 is 39.3. The van der Waals surface area contributed by atoms with Gasteiger partial charge in [-0.3, -0.25) is 47.1 Å². The fourth-order valence-electron chi connectivity index (χ4n) is 5.00. The lowest BCUT2D eigenvalue weighted by atomic mass is 10.2. The van der Waals surface area contributed by atoms with E-state index in [0.29, 0.717) is 7.14 Å². The molecule has 0 aliphatic rings. The number of aliphatic hydroxyl groups is 1. The Labute approximate surface area is 357 Å². The van der Waals surface area contributed by atoms with Crippen molar-refractivity contribution in [1.82, 2.24) is 29.2 Å². The largest absolute Gasteiger partial charge is 0.394 e. The zero-order chi connectivity index (χ0) is 43.5. The van der Waals surface area contributed by atoms with Crippen LogP contribution in [0, 0.1) is 18.8 Å². The maximum atomic E-state index is 14.4. The van der Waals surface area contributed by atoms with Crippen LogP contribution in [-0.2, 0) is 41.6 Å².